The minimum Gasteiger partial charge on any atom is -0.373 e. The van der Waals surface area contributed by atoms with Crippen molar-refractivity contribution in [2.45, 2.75) is 32.5 Å². The van der Waals surface area contributed by atoms with Crippen LogP contribution in [0.15, 0.2) is 6.07 Å². The average molecular weight is 305 g/mol. The Hall–Kier alpha value is -2.06. The summed E-state index contributed by atoms with van der Waals surface area (Å²) in [4.78, 5) is 18.3. The Labute approximate surface area is 120 Å². The fraction of sp³-hybridized carbons (Fsp3) is 0.583. The van der Waals surface area contributed by atoms with E-state index >= 15 is 0 Å². The molecule has 0 aliphatic heterocycles. The van der Waals surface area contributed by atoms with Crippen LogP contribution in [0.25, 0.3) is 0 Å². The summed E-state index contributed by atoms with van der Waals surface area (Å²) in [5.74, 6) is -1.68. The van der Waals surface area contributed by atoms with Crippen LogP contribution in [-0.2, 0) is 11.0 Å². The summed E-state index contributed by atoms with van der Waals surface area (Å²) in [6, 6.07) is 1.29. The van der Waals surface area contributed by atoms with Crippen molar-refractivity contribution >= 4 is 17.5 Å². The van der Waals surface area contributed by atoms with Gasteiger partial charge in [-0.25, -0.2) is 9.97 Å². The minimum atomic E-state index is -4.66. The third kappa shape index (κ3) is 5.84. The second-order valence-electron chi connectivity index (χ2n) is 5.36. The van der Waals surface area contributed by atoms with Crippen molar-refractivity contribution in [2.75, 3.05) is 24.2 Å². The van der Waals surface area contributed by atoms with Gasteiger partial charge in [-0.15, -0.1) is 0 Å². The van der Waals surface area contributed by atoms with Gasteiger partial charge in [0.1, 0.15) is 11.6 Å². The molecule has 3 N–H and O–H groups in total. The van der Waals surface area contributed by atoms with Crippen molar-refractivity contribution in [3.63, 3.8) is 0 Å². The molecule has 0 saturated carbocycles. The molecule has 1 aromatic heterocycles. The zero-order chi connectivity index (χ0) is 16.3. The van der Waals surface area contributed by atoms with Gasteiger partial charge in [0.05, 0.1) is 6.54 Å². The van der Waals surface area contributed by atoms with Crippen molar-refractivity contribution in [3.05, 3.63) is 11.9 Å². The number of hydrogen-bond acceptors (Lipinski definition) is 5. The predicted octanol–water partition coefficient (Wildman–Crippen LogP) is 1.86. The molecule has 0 aliphatic rings. The maximum absolute atomic E-state index is 12.6. The standard InChI is InChI=1S/C12H18F3N5O/c1-11(2,3)20-9(21)6-17-8-5-7(16-4)18-10(19-8)12(13,14)15/h5H,6H2,1-4H3,(H,20,21)(H2,16,17,18,19). The molecule has 0 aliphatic carbocycles. The molecule has 9 heteroatoms. The SMILES string of the molecule is CNc1cc(NCC(=O)NC(C)(C)C)nc(C(F)(F)F)n1. The van der Waals surface area contributed by atoms with E-state index in [2.05, 4.69) is 25.9 Å². The summed E-state index contributed by atoms with van der Waals surface area (Å²) in [6.07, 6.45) is -4.66. The number of alkyl halides is 3. The van der Waals surface area contributed by atoms with E-state index in [1.165, 1.54) is 13.1 Å². The highest BCUT2D eigenvalue weighted by atomic mass is 19.4. The monoisotopic (exact) mass is 305 g/mol. The normalized spacial score (nSPS) is 12.0. The van der Waals surface area contributed by atoms with E-state index in [1.807, 2.05) is 0 Å². The summed E-state index contributed by atoms with van der Waals surface area (Å²) in [5, 5.41) is 7.75. The van der Waals surface area contributed by atoms with Crippen LogP contribution < -0.4 is 16.0 Å². The van der Waals surface area contributed by atoms with Gasteiger partial charge in [0.2, 0.25) is 11.7 Å². The quantitative estimate of drug-likeness (QED) is 0.791. The van der Waals surface area contributed by atoms with Crippen LogP contribution in [0.5, 0.6) is 0 Å². The van der Waals surface area contributed by atoms with Crippen LogP contribution in [-0.4, -0.2) is 35.0 Å². The van der Waals surface area contributed by atoms with E-state index in [0.717, 1.165) is 0 Å². The number of amides is 1. The highest BCUT2D eigenvalue weighted by Gasteiger charge is 2.35. The molecule has 118 valence electrons. The topological polar surface area (TPSA) is 78.9 Å². The van der Waals surface area contributed by atoms with Crippen molar-refractivity contribution in [2.24, 2.45) is 0 Å². The average Bonchev–Trinajstić information content (AvgIpc) is 2.33. The number of rotatable bonds is 4. The highest BCUT2D eigenvalue weighted by Crippen LogP contribution is 2.28. The van der Waals surface area contributed by atoms with E-state index < -0.39 is 17.5 Å². The molecule has 1 aromatic rings. The summed E-state index contributed by atoms with van der Waals surface area (Å²) in [7, 11) is 1.44. The van der Waals surface area contributed by atoms with Crippen LogP contribution >= 0.6 is 0 Å². The first-order valence-corrected chi connectivity index (χ1v) is 6.20. The fourth-order valence-electron chi connectivity index (χ4n) is 1.43. The summed E-state index contributed by atoms with van der Waals surface area (Å²) in [6.45, 7) is 5.22. The van der Waals surface area contributed by atoms with Gasteiger partial charge in [-0.05, 0) is 20.8 Å². The molecule has 0 unspecified atom stereocenters. The molecule has 1 amide bonds. The molecule has 0 fully saturated rings. The summed E-state index contributed by atoms with van der Waals surface area (Å²) < 4.78 is 37.9. The lowest BCUT2D eigenvalue weighted by molar-refractivity contribution is -0.144. The number of anilines is 2. The van der Waals surface area contributed by atoms with Crippen LogP contribution in [0.3, 0.4) is 0 Å². The Kier molecular flexibility index (Phi) is 4.97. The predicted molar refractivity (Wildman–Crippen MR) is 73.0 cm³/mol. The lowest BCUT2D eigenvalue weighted by Gasteiger charge is -2.20. The van der Waals surface area contributed by atoms with Gasteiger partial charge in [0, 0.05) is 18.7 Å². The molecule has 0 saturated heterocycles. The maximum atomic E-state index is 12.6. The Morgan fingerprint density at radius 2 is 1.76 bits per heavy atom. The third-order valence-corrected chi connectivity index (χ3v) is 2.18. The molecule has 0 aromatic carbocycles. The van der Waals surface area contributed by atoms with Crippen molar-refractivity contribution in [1.82, 2.24) is 15.3 Å². The molecule has 1 rings (SSSR count). The molecule has 21 heavy (non-hydrogen) atoms. The Morgan fingerprint density at radius 1 is 1.19 bits per heavy atom. The zero-order valence-corrected chi connectivity index (χ0v) is 12.2. The number of halogens is 3. The Bertz CT molecular complexity index is 511. The van der Waals surface area contributed by atoms with Crippen molar-refractivity contribution in [1.29, 1.82) is 0 Å². The van der Waals surface area contributed by atoms with Gasteiger partial charge in [-0.2, -0.15) is 13.2 Å². The maximum Gasteiger partial charge on any atom is 0.451 e. The lowest BCUT2D eigenvalue weighted by atomic mass is 10.1. The molecule has 0 radical (unpaired) electrons. The lowest BCUT2D eigenvalue weighted by Crippen LogP contribution is -2.43. The largest absolute Gasteiger partial charge is 0.451 e. The molecular weight excluding hydrogens is 287 g/mol. The first-order valence-electron chi connectivity index (χ1n) is 6.20. The number of carbonyl (C=O) groups excluding carboxylic acids is 1. The van der Waals surface area contributed by atoms with Gasteiger partial charge < -0.3 is 16.0 Å². The molecular formula is C12H18F3N5O. The summed E-state index contributed by atoms with van der Waals surface area (Å²) >= 11 is 0. The van der Waals surface area contributed by atoms with E-state index in [0.29, 0.717) is 0 Å². The molecule has 6 nitrogen and oxygen atoms in total. The number of nitrogens with zero attached hydrogens (tertiary/aromatic N) is 2. The fourth-order valence-corrected chi connectivity index (χ4v) is 1.43. The molecule has 0 bridgehead atoms. The van der Waals surface area contributed by atoms with Crippen molar-refractivity contribution in [3.8, 4) is 0 Å². The van der Waals surface area contributed by atoms with Gasteiger partial charge >= 0.3 is 6.18 Å². The Morgan fingerprint density at radius 3 is 2.24 bits per heavy atom. The molecule has 0 atom stereocenters. The first kappa shape index (κ1) is 17.0. The Balaban J connectivity index is 2.82. The van der Waals surface area contributed by atoms with Gasteiger partial charge in [-0.1, -0.05) is 0 Å². The van der Waals surface area contributed by atoms with E-state index in [9.17, 15) is 18.0 Å². The van der Waals surface area contributed by atoms with Crippen LogP contribution in [0.4, 0.5) is 24.8 Å². The number of hydrogen-bond donors (Lipinski definition) is 3. The zero-order valence-electron chi connectivity index (χ0n) is 12.2. The molecule has 0 spiro atoms. The molecule has 1 heterocycles. The van der Waals surface area contributed by atoms with Crippen molar-refractivity contribution < 1.29 is 18.0 Å². The van der Waals surface area contributed by atoms with E-state index in [4.69, 9.17) is 0 Å². The van der Waals surface area contributed by atoms with Crippen LogP contribution in [0.2, 0.25) is 0 Å². The third-order valence-electron chi connectivity index (χ3n) is 2.18. The number of nitrogens with one attached hydrogen (secondary N) is 3. The number of aromatic nitrogens is 2. The van der Waals surface area contributed by atoms with E-state index in [1.54, 1.807) is 20.8 Å². The van der Waals surface area contributed by atoms with Gasteiger partial charge in [-0.3, -0.25) is 4.79 Å². The first-order chi connectivity index (χ1) is 9.51. The summed E-state index contributed by atoms with van der Waals surface area (Å²) in [5.41, 5.74) is -0.419. The second kappa shape index (κ2) is 6.15. The number of carbonyl (C=O) groups is 1. The van der Waals surface area contributed by atoms with Crippen LogP contribution in [0, 0.1) is 0 Å². The smallest absolute Gasteiger partial charge is 0.373 e. The van der Waals surface area contributed by atoms with E-state index in [-0.39, 0.29) is 24.1 Å². The van der Waals surface area contributed by atoms with Gasteiger partial charge in [0.15, 0.2) is 0 Å². The minimum absolute atomic E-state index is 0.0102. The highest BCUT2D eigenvalue weighted by molar-refractivity contribution is 5.81. The second-order valence-corrected chi connectivity index (χ2v) is 5.36. The van der Waals surface area contributed by atoms with Crippen LogP contribution in [0.1, 0.15) is 26.6 Å². The van der Waals surface area contributed by atoms with Gasteiger partial charge in [0.25, 0.3) is 0 Å².